The molecule has 0 radical (unpaired) electrons. The molecule has 590 valence electrons. The van der Waals surface area contributed by atoms with Crippen molar-refractivity contribution < 1.29 is 72.2 Å². The van der Waals surface area contributed by atoms with E-state index in [1.807, 2.05) is 13.8 Å². The Morgan fingerprint density at radius 2 is 1.14 bits per heavy atom. The molecule has 0 saturated carbocycles. The van der Waals surface area contributed by atoms with Crippen LogP contribution in [0.3, 0.4) is 0 Å². The molecule has 2 aliphatic rings. The normalized spacial score (nSPS) is 22.1. The Balaban J connectivity index is 2.10. The lowest BCUT2D eigenvalue weighted by Crippen LogP contribution is -2.67. The summed E-state index contributed by atoms with van der Waals surface area (Å²) in [5.74, 6) is -15.9. The second kappa shape index (κ2) is 43.9. The predicted octanol–water partition coefficient (Wildman–Crippen LogP) is 1.36. The molecule has 0 bridgehead atoms. The smallest absolute Gasteiger partial charge is 0.268 e. The lowest BCUT2D eigenvalue weighted by molar-refractivity contribution is -0.157. The first kappa shape index (κ1) is 90.8. The highest BCUT2D eigenvalue weighted by atomic mass is 16.3. The number of nitrogens with zero attached hydrogens (tertiary/aromatic N) is 2. The number of aliphatic hydroxyl groups is 1. The number of amides is 14. The first-order valence-electron chi connectivity index (χ1n) is 37.6. The van der Waals surface area contributed by atoms with Crippen molar-refractivity contribution in [2.75, 3.05) is 26.7 Å². The van der Waals surface area contributed by atoms with Gasteiger partial charge in [0.1, 0.15) is 78.2 Å². The molecule has 105 heavy (non-hydrogen) atoms. The van der Waals surface area contributed by atoms with Crippen LogP contribution in [0.1, 0.15) is 188 Å². The average molecular weight is 1480 g/mol. The number of imide groups is 1. The third kappa shape index (κ3) is 26.6. The number of benzene rings is 1. The first-order valence-corrected chi connectivity index (χ1v) is 37.6. The molecule has 2 heterocycles. The van der Waals surface area contributed by atoms with Gasteiger partial charge in [0.15, 0.2) is 0 Å². The van der Waals surface area contributed by atoms with Gasteiger partial charge in [-0.3, -0.25) is 72.0 Å². The molecule has 2 aliphatic heterocycles. The number of carbonyl (C=O) groups excluding carboxylic acids is 14. The van der Waals surface area contributed by atoms with Crippen molar-refractivity contribution >= 4 is 82.7 Å². The van der Waals surface area contributed by atoms with E-state index >= 15 is 19.2 Å². The molecule has 2 fully saturated rings. The zero-order valence-corrected chi connectivity index (χ0v) is 65.4. The minimum atomic E-state index is -1.82. The van der Waals surface area contributed by atoms with Gasteiger partial charge in [-0.1, -0.05) is 166 Å². The zero-order chi connectivity index (χ0) is 79.4. The monoisotopic (exact) mass is 1480 g/mol. The summed E-state index contributed by atoms with van der Waals surface area (Å²) < 4.78 is 0. The van der Waals surface area contributed by atoms with E-state index in [0.717, 1.165) is 6.42 Å². The number of nitrogens with one attached hydrogen (secondary N) is 12. The molecule has 0 unspecified atom stereocenters. The Hall–Kier alpha value is -8.38. The lowest BCUT2D eigenvalue weighted by Gasteiger charge is -2.38. The fourth-order valence-corrected chi connectivity index (χ4v) is 12.3. The Kier molecular flexibility index (Phi) is 38.0. The highest BCUT2D eigenvalue weighted by Crippen LogP contribution is 2.24. The number of rotatable bonds is 34. The summed E-state index contributed by atoms with van der Waals surface area (Å²) in [5.41, 5.74) is 6.32. The van der Waals surface area contributed by atoms with Gasteiger partial charge >= 0.3 is 0 Å². The van der Waals surface area contributed by atoms with Gasteiger partial charge in [0, 0.05) is 25.9 Å². The summed E-state index contributed by atoms with van der Waals surface area (Å²) in [4.78, 5) is 207. The standard InChI is InChI=1S/C75H125N15O15/c1-20-44(15)33-34-54(92)81-55(39(5)6)69(99)88-62(47(18)91)72(102)83-57(41(9)10)70(100)85-58(42(11)12)73(103)89-36-28-32-52(89)66(96)79-50(31-27-35-76)64(94)87-61(46(17)22-3)75(105)90-53(38-77-19)67(97)86-60(45(16)21-2)71(101)82-56(40(7)8)68(98)80-51(37-48-29-25-24-26-30-48)65(95)78-49(23-4)63(93)84-59(43(13)14)74(90)104/h23-26,29-30,39-47,50-53,55-62,77,91H,20-22,27-28,31-38,76H2,1-19H3,(H,78,95)(H,79,96)(H,80,98)(H,81,92)(H,82,101)(H,83,102)(H,84,93)(H,85,100)(H,86,97)(H,87,94)(H,88,99)/b49-23-/t44-,45-,46-,47+,50-,51-,52+,53+,55+,56+,57-,58+,59-,60+,61+,62-/m0/s1. The fraction of sp³-hybridized carbons (Fsp3) is 0.707. The molecule has 15 N–H and O–H groups in total. The third-order valence-electron chi connectivity index (χ3n) is 19.8. The topological polar surface area (TPSA) is 436 Å². The third-order valence-corrected chi connectivity index (χ3v) is 19.8. The van der Waals surface area contributed by atoms with Crippen LogP contribution in [-0.2, 0) is 73.5 Å². The highest BCUT2D eigenvalue weighted by Gasteiger charge is 2.47. The summed E-state index contributed by atoms with van der Waals surface area (Å²) >= 11 is 0. The first-order chi connectivity index (χ1) is 49.3. The van der Waals surface area contributed by atoms with Crippen LogP contribution < -0.4 is 69.5 Å². The minimum absolute atomic E-state index is 0.0412. The minimum Gasteiger partial charge on any atom is -0.391 e. The van der Waals surface area contributed by atoms with Crippen LogP contribution in [0.25, 0.3) is 0 Å². The zero-order valence-electron chi connectivity index (χ0n) is 65.4. The number of carbonyl (C=O) groups is 14. The lowest BCUT2D eigenvalue weighted by atomic mass is 9.93. The molecule has 1 aromatic carbocycles. The number of likely N-dealkylation sites (tertiary alicyclic amines) is 1. The Labute approximate surface area is 620 Å². The highest BCUT2D eigenvalue weighted by molar-refractivity contribution is 6.09. The molecule has 0 aromatic heterocycles. The van der Waals surface area contributed by atoms with Crippen molar-refractivity contribution in [1.29, 1.82) is 0 Å². The quantitative estimate of drug-likeness (QED) is 0.0433. The SMILES string of the molecule is C/C=C1\NC(=O)[C@H](Cc2ccccc2)NC(=O)[C@@H](C(C)C)NC(=O)[C@@H]([C@@H](C)CC)NC(=O)[C@@H](CNC)N(C(=O)[C@H](NC(=O)[C@H](CCCN)NC(=O)[C@H]2CCCN2C(=O)[C@H](NC(=O)[C@@H](NC(=O)[C@@H](NC(=O)[C@H](NC(=O)CC[C@@H](C)CC)C(C)C)[C@@H](C)O)C(C)C)C(C)C)[C@@H](C)CC)C(=O)[C@H](C(C)C)NC1=O. The van der Waals surface area contributed by atoms with Crippen molar-refractivity contribution in [3.05, 3.63) is 47.7 Å². The van der Waals surface area contributed by atoms with Crippen molar-refractivity contribution in [3.63, 3.8) is 0 Å². The number of likely N-dealkylation sites (N-methyl/N-ethyl adjacent to an activating group) is 1. The van der Waals surface area contributed by atoms with Crippen LogP contribution in [0.15, 0.2) is 42.1 Å². The predicted molar refractivity (Wildman–Crippen MR) is 397 cm³/mol. The van der Waals surface area contributed by atoms with Crippen LogP contribution >= 0.6 is 0 Å². The van der Waals surface area contributed by atoms with Crippen molar-refractivity contribution in [2.45, 2.75) is 267 Å². The van der Waals surface area contributed by atoms with E-state index in [4.69, 9.17) is 5.73 Å². The molecular formula is C75H125N15O15. The molecule has 0 spiro atoms. The number of hydrogen-bond acceptors (Lipinski definition) is 17. The van der Waals surface area contributed by atoms with Crippen LogP contribution in [0.5, 0.6) is 0 Å². The second-order valence-electron chi connectivity index (χ2n) is 29.9. The Bertz CT molecular complexity index is 3160. The molecule has 1 aromatic rings. The van der Waals surface area contributed by atoms with Gasteiger partial charge in [0.25, 0.3) is 17.7 Å². The number of aliphatic hydroxyl groups excluding tert-OH is 1. The molecule has 16 atom stereocenters. The van der Waals surface area contributed by atoms with Crippen molar-refractivity contribution in [2.24, 2.45) is 53.1 Å². The molecular weight excluding hydrogens is 1350 g/mol. The largest absolute Gasteiger partial charge is 0.391 e. The maximum atomic E-state index is 15.9. The van der Waals surface area contributed by atoms with E-state index in [1.165, 1.54) is 31.9 Å². The van der Waals surface area contributed by atoms with Gasteiger partial charge in [0.05, 0.1) is 6.10 Å². The fourth-order valence-electron chi connectivity index (χ4n) is 12.3. The van der Waals surface area contributed by atoms with Crippen molar-refractivity contribution in [3.8, 4) is 0 Å². The molecule has 0 aliphatic carbocycles. The van der Waals surface area contributed by atoms with Crippen LogP contribution in [-0.4, -0.2) is 203 Å². The maximum Gasteiger partial charge on any atom is 0.268 e. The van der Waals surface area contributed by atoms with Gasteiger partial charge in [-0.25, -0.2) is 0 Å². The van der Waals surface area contributed by atoms with Gasteiger partial charge in [-0.2, -0.15) is 0 Å². The molecule has 30 heteroatoms. The van der Waals surface area contributed by atoms with Crippen LogP contribution in [0.2, 0.25) is 0 Å². The summed E-state index contributed by atoms with van der Waals surface area (Å²) in [7, 11) is 1.45. The summed E-state index contributed by atoms with van der Waals surface area (Å²) in [6, 6.07) is -8.22. The van der Waals surface area contributed by atoms with E-state index in [-0.39, 0.29) is 69.1 Å². The Morgan fingerprint density at radius 1 is 0.600 bits per heavy atom. The summed E-state index contributed by atoms with van der Waals surface area (Å²) in [6.07, 6.45) is 2.41. The van der Waals surface area contributed by atoms with Gasteiger partial charge < -0.3 is 79.5 Å². The van der Waals surface area contributed by atoms with E-state index in [9.17, 15) is 53.1 Å². The summed E-state index contributed by atoms with van der Waals surface area (Å²) in [5, 5.41) is 43.6. The summed E-state index contributed by atoms with van der Waals surface area (Å²) in [6.45, 7) is 29.8. The van der Waals surface area contributed by atoms with Crippen molar-refractivity contribution in [1.82, 2.24) is 73.6 Å². The van der Waals surface area contributed by atoms with Gasteiger partial charge in [-0.15, -0.1) is 0 Å². The van der Waals surface area contributed by atoms with Gasteiger partial charge in [-0.05, 0) is 112 Å². The molecule has 14 amide bonds. The second-order valence-corrected chi connectivity index (χ2v) is 29.9. The van der Waals surface area contributed by atoms with E-state index in [2.05, 4.69) is 63.8 Å². The van der Waals surface area contributed by atoms with E-state index in [1.54, 1.807) is 127 Å². The maximum absolute atomic E-state index is 15.9. The van der Waals surface area contributed by atoms with Crippen LogP contribution in [0, 0.1) is 47.3 Å². The molecule has 30 nitrogen and oxygen atoms in total. The number of allylic oxidation sites excluding steroid dienone is 1. The molecule has 2 saturated heterocycles. The van der Waals surface area contributed by atoms with Crippen LogP contribution in [0.4, 0.5) is 0 Å². The Morgan fingerprint density at radius 3 is 1.67 bits per heavy atom. The van der Waals surface area contributed by atoms with E-state index < -0.39 is 203 Å². The average Bonchev–Trinajstić information content (AvgIpc) is 0.874. The number of nitrogens with two attached hydrogens (primary N) is 1. The van der Waals surface area contributed by atoms with E-state index in [0.29, 0.717) is 29.7 Å². The number of hydrogen-bond donors (Lipinski definition) is 14. The molecule has 3 rings (SSSR count). The van der Waals surface area contributed by atoms with Gasteiger partial charge in [0.2, 0.25) is 65.0 Å².